The molecule has 3 saturated heterocycles. The highest BCUT2D eigenvalue weighted by molar-refractivity contribution is 7.80. The summed E-state index contributed by atoms with van der Waals surface area (Å²) in [7, 11) is 3.21. The zero-order valence-corrected chi connectivity index (χ0v) is 22.2. The Hall–Kier alpha value is -3.55. The minimum Gasteiger partial charge on any atom is -0.493 e. The molecule has 9 nitrogen and oxygen atoms in total. The lowest BCUT2D eigenvalue weighted by Crippen LogP contribution is -2.57. The first-order chi connectivity index (χ1) is 17.8. The molecule has 3 heterocycles. The van der Waals surface area contributed by atoms with Crippen LogP contribution < -0.4 is 19.7 Å². The minimum atomic E-state index is -0.606. The van der Waals surface area contributed by atoms with Crippen LogP contribution in [0.5, 0.6) is 11.5 Å². The minimum absolute atomic E-state index is 0.101. The van der Waals surface area contributed by atoms with E-state index < -0.39 is 6.04 Å². The normalized spacial score (nSPS) is 21.8. The molecule has 0 aliphatic carbocycles. The van der Waals surface area contributed by atoms with Gasteiger partial charge in [0.15, 0.2) is 16.6 Å². The van der Waals surface area contributed by atoms with Crippen molar-refractivity contribution < 1.29 is 19.1 Å². The molecule has 3 atom stereocenters. The zero-order chi connectivity index (χ0) is 26.4. The summed E-state index contributed by atoms with van der Waals surface area (Å²) in [5, 5.41) is 13.4. The quantitative estimate of drug-likeness (QED) is 0.441. The number of fused-ring (bicyclic) bond motifs is 5. The Morgan fingerprint density at radius 3 is 2.68 bits per heavy atom. The Balaban J connectivity index is 1.27. The predicted molar refractivity (Wildman–Crippen MR) is 142 cm³/mol. The van der Waals surface area contributed by atoms with Crippen LogP contribution in [0.3, 0.4) is 0 Å². The van der Waals surface area contributed by atoms with Gasteiger partial charge in [0.05, 0.1) is 42.6 Å². The van der Waals surface area contributed by atoms with Gasteiger partial charge in [-0.1, -0.05) is 17.7 Å². The van der Waals surface area contributed by atoms with Crippen LogP contribution >= 0.6 is 23.8 Å². The number of methoxy groups -OCH3 is 2. The van der Waals surface area contributed by atoms with Gasteiger partial charge >= 0.3 is 6.03 Å². The molecule has 5 rings (SSSR count). The number of urea groups is 1. The lowest BCUT2D eigenvalue weighted by Gasteiger charge is -2.36. The second kappa shape index (κ2) is 9.72. The molecule has 3 aliphatic rings. The van der Waals surface area contributed by atoms with Crippen LogP contribution in [0.2, 0.25) is 5.02 Å². The second-order valence-electron chi connectivity index (χ2n) is 9.27. The van der Waals surface area contributed by atoms with Crippen LogP contribution in [0.25, 0.3) is 0 Å². The van der Waals surface area contributed by atoms with E-state index in [-0.39, 0.29) is 29.0 Å². The number of rotatable bonds is 6. The Bertz CT molecular complexity index is 1340. The van der Waals surface area contributed by atoms with Crippen LogP contribution in [-0.2, 0) is 11.2 Å². The first-order valence-electron chi connectivity index (χ1n) is 11.9. The molecule has 1 N–H and O–H groups in total. The Morgan fingerprint density at radius 1 is 1.22 bits per heavy atom. The van der Waals surface area contributed by atoms with E-state index in [1.165, 1.54) is 11.0 Å². The van der Waals surface area contributed by atoms with E-state index >= 15 is 0 Å². The highest BCUT2D eigenvalue weighted by Gasteiger charge is 2.62. The number of carbonyl (C=O) groups excluding carboxylic acids is 2. The number of hydrogen-bond acceptors (Lipinski definition) is 6. The van der Waals surface area contributed by atoms with E-state index in [1.54, 1.807) is 32.1 Å². The molecule has 3 aliphatic heterocycles. The van der Waals surface area contributed by atoms with Gasteiger partial charge in [-0.15, -0.1) is 0 Å². The summed E-state index contributed by atoms with van der Waals surface area (Å²) in [5.74, 6) is 1.06. The molecule has 0 saturated carbocycles. The molecule has 0 aromatic heterocycles. The van der Waals surface area contributed by atoms with Crippen molar-refractivity contribution in [2.24, 2.45) is 0 Å². The standard InChI is InChI=1S/C26H26ClN5O4S/c1-14-18(6-5-16(12-28)22(14)27)32-24(33)23-19-11-17(31(23)26(32)34)13-30(19)25(37)29-9-8-15-4-7-20(35-2)21(10-15)36-3/h4-7,10,17,19,23H,8-9,11,13H2,1-3H3,(H,29,37)/t17-,19?,23-/m1/s1. The SMILES string of the molecule is COc1ccc(CCNC(=S)N2C[C@H]3CC2[C@@H]2C(=O)N(c4ccc(C#N)c(Cl)c4C)C(=O)N32)cc1OC. The van der Waals surface area contributed by atoms with Gasteiger partial charge in [0, 0.05) is 13.1 Å². The third-order valence-corrected chi connectivity index (χ3v) is 8.25. The Labute approximate surface area is 225 Å². The lowest BCUT2D eigenvalue weighted by atomic mass is 10.1. The number of ether oxygens (including phenoxy) is 2. The highest BCUT2D eigenvalue weighted by Crippen LogP contribution is 2.43. The van der Waals surface area contributed by atoms with E-state index in [1.807, 2.05) is 29.2 Å². The number of thiocarbonyl (C=S) groups is 1. The van der Waals surface area contributed by atoms with Crippen molar-refractivity contribution in [3.05, 3.63) is 52.0 Å². The van der Waals surface area contributed by atoms with Gasteiger partial charge < -0.3 is 24.6 Å². The molecule has 37 heavy (non-hydrogen) atoms. The van der Waals surface area contributed by atoms with Gasteiger partial charge in [-0.3, -0.25) is 4.79 Å². The number of carbonyl (C=O) groups is 2. The molecule has 0 spiro atoms. The summed E-state index contributed by atoms with van der Waals surface area (Å²) >= 11 is 12.0. The maximum atomic E-state index is 13.5. The molecule has 1 unspecified atom stereocenters. The number of likely N-dealkylation sites (tertiary alicyclic amines) is 1. The fourth-order valence-corrected chi connectivity index (χ4v) is 6.08. The monoisotopic (exact) mass is 539 g/mol. The molecule has 11 heteroatoms. The van der Waals surface area contributed by atoms with Crippen molar-refractivity contribution >= 4 is 46.6 Å². The van der Waals surface area contributed by atoms with Gasteiger partial charge in [0.25, 0.3) is 5.91 Å². The van der Waals surface area contributed by atoms with E-state index in [9.17, 15) is 14.9 Å². The topological polar surface area (TPSA) is 98.1 Å². The van der Waals surface area contributed by atoms with Gasteiger partial charge in [-0.25, -0.2) is 9.69 Å². The largest absolute Gasteiger partial charge is 0.493 e. The number of piperazine rings is 1. The number of nitrogens with one attached hydrogen (secondary N) is 1. The Morgan fingerprint density at radius 2 is 1.97 bits per heavy atom. The van der Waals surface area contributed by atoms with Crippen molar-refractivity contribution in [1.29, 1.82) is 5.26 Å². The third-order valence-electron chi connectivity index (χ3n) is 7.38. The summed E-state index contributed by atoms with van der Waals surface area (Å²) in [6.07, 6.45) is 1.42. The van der Waals surface area contributed by atoms with Gasteiger partial charge in [0.1, 0.15) is 12.1 Å². The zero-order valence-electron chi connectivity index (χ0n) is 20.7. The first kappa shape index (κ1) is 25.1. The molecular weight excluding hydrogens is 514 g/mol. The molecule has 3 amide bonds. The van der Waals surface area contributed by atoms with Crippen molar-refractivity contribution in [3.63, 3.8) is 0 Å². The number of amides is 3. The third kappa shape index (κ3) is 4.03. The smallest absolute Gasteiger partial charge is 0.332 e. The lowest BCUT2D eigenvalue weighted by molar-refractivity contribution is -0.120. The molecule has 192 valence electrons. The molecular formula is C26H26ClN5O4S. The van der Waals surface area contributed by atoms with Crippen LogP contribution in [0.1, 0.15) is 23.1 Å². The summed E-state index contributed by atoms with van der Waals surface area (Å²) in [4.78, 5) is 31.8. The highest BCUT2D eigenvalue weighted by atomic mass is 35.5. The number of nitrogens with zero attached hydrogens (tertiary/aromatic N) is 4. The molecule has 2 aromatic rings. The summed E-state index contributed by atoms with van der Waals surface area (Å²) in [6.45, 7) is 2.89. The average Bonchev–Trinajstić information content (AvgIpc) is 3.57. The van der Waals surface area contributed by atoms with Gasteiger partial charge in [0.2, 0.25) is 0 Å². The summed E-state index contributed by atoms with van der Waals surface area (Å²) in [6, 6.07) is 9.72. The molecule has 3 fully saturated rings. The fraction of sp³-hybridized carbons (Fsp3) is 0.385. The summed E-state index contributed by atoms with van der Waals surface area (Å²) in [5.41, 5.74) is 2.32. The number of hydrogen-bond donors (Lipinski definition) is 1. The van der Waals surface area contributed by atoms with Crippen molar-refractivity contribution in [1.82, 2.24) is 15.1 Å². The van der Waals surface area contributed by atoms with Crippen molar-refractivity contribution in [2.45, 2.75) is 37.9 Å². The first-order valence-corrected chi connectivity index (χ1v) is 12.7. The molecule has 0 radical (unpaired) electrons. The predicted octanol–water partition coefficient (Wildman–Crippen LogP) is 3.25. The molecule has 2 aromatic carbocycles. The van der Waals surface area contributed by atoms with Crippen LogP contribution in [0.4, 0.5) is 10.5 Å². The summed E-state index contributed by atoms with van der Waals surface area (Å²) < 4.78 is 10.7. The number of benzene rings is 2. The van der Waals surface area contributed by atoms with Crippen LogP contribution in [0.15, 0.2) is 30.3 Å². The van der Waals surface area contributed by atoms with E-state index in [2.05, 4.69) is 5.32 Å². The van der Waals surface area contributed by atoms with E-state index in [0.717, 1.165) is 12.0 Å². The van der Waals surface area contributed by atoms with Crippen LogP contribution in [-0.4, -0.2) is 72.3 Å². The van der Waals surface area contributed by atoms with E-state index in [0.29, 0.717) is 52.9 Å². The average molecular weight is 540 g/mol. The maximum absolute atomic E-state index is 13.5. The number of imide groups is 1. The number of halogens is 1. The molecule has 2 bridgehead atoms. The van der Waals surface area contributed by atoms with Crippen molar-refractivity contribution in [3.8, 4) is 17.6 Å². The number of nitriles is 1. The van der Waals surface area contributed by atoms with Gasteiger partial charge in [-0.05, 0) is 67.4 Å². The van der Waals surface area contributed by atoms with Crippen LogP contribution in [0, 0.1) is 18.3 Å². The Kier molecular flexibility index (Phi) is 6.60. The van der Waals surface area contributed by atoms with Crippen molar-refractivity contribution in [2.75, 3.05) is 32.2 Å². The fourth-order valence-electron chi connectivity index (χ4n) is 5.57. The van der Waals surface area contributed by atoms with E-state index in [4.69, 9.17) is 33.3 Å². The second-order valence-corrected chi connectivity index (χ2v) is 10.0. The number of anilines is 1. The van der Waals surface area contributed by atoms with Gasteiger partial charge in [-0.2, -0.15) is 5.26 Å². The maximum Gasteiger partial charge on any atom is 0.332 e.